The maximum Gasteiger partial charge on any atom is 0.337 e. The SMILES string of the molecule is CN(C)C1CCN(c2ccc(Br)cc2C(=O)O)C1. The highest BCUT2D eigenvalue weighted by molar-refractivity contribution is 9.10. The van der Waals surface area contributed by atoms with Gasteiger partial charge < -0.3 is 14.9 Å². The Kier molecular flexibility index (Phi) is 3.92. The maximum absolute atomic E-state index is 11.3. The van der Waals surface area contributed by atoms with Gasteiger partial charge in [0.25, 0.3) is 0 Å². The summed E-state index contributed by atoms with van der Waals surface area (Å²) in [4.78, 5) is 15.6. The van der Waals surface area contributed by atoms with Gasteiger partial charge in [-0.1, -0.05) is 15.9 Å². The van der Waals surface area contributed by atoms with Gasteiger partial charge in [0.1, 0.15) is 0 Å². The van der Waals surface area contributed by atoms with E-state index in [0.717, 1.165) is 29.7 Å². The molecule has 1 aliphatic rings. The Balaban J connectivity index is 2.27. The minimum absolute atomic E-state index is 0.365. The van der Waals surface area contributed by atoms with Crippen LogP contribution >= 0.6 is 15.9 Å². The molecule has 0 amide bonds. The molecule has 18 heavy (non-hydrogen) atoms. The van der Waals surface area contributed by atoms with Crippen LogP contribution in [0.25, 0.3) is 0 Å². The van der Waals surface area contributed by atoms with E-state index in [-0.39, 0.29) is 0 Å². The molecule has 0 aliphatic carbocycles. The minimum Gasteiger partial charge on any atom is -0.478 e. The Labute approximate surface area is 115 Å². The average molecular weight is 313 g/mol. The first-order chi connectivity index (χ1) is 8.49. The molecule has 98 valence electrons. The summed E-state index contributed by atoms with van der Waals surface area (Å²) >= 11 is 3.32. The second-order valence-corrected chi connectivity index (χ2v) is 5.73. The molecule has 4 nitrogen and oxygen atoms in total. The summed E-state index contributed by atoms with van der Waals surface area (Å²) in [5.74, 6) is -0.875. The first-order valence-corrected chi connectivity index (χ1v) is 6.72. The first kappa shape index (κ1) is 13.4. The minimum atomic E-state index is -0.875. The van der Waals surface area contributed by atoms with Gasteiger partial charge in [-0.15, -0.1) is 0 Å². The van der Waals surface area contributed by atoms with E-state index >= 15 is 0 Å². The van der Waals surface area contributed by atoms with Crippen LogP contribution in [0.3, 0.4) is 0 Å². The molecule has 1 fully saturated rings. The Morgan fingerprint density at radius 1 is 1.50 bits per heavy atom. The zero-order chi connectivity index (χ0) is 13.3. The van der Waals surface area contributed by atoms with Crippen LogP contribution in [0, 0.1) is 0 Å². The largest absolute Gasteiger partial charge is 0.478 e. The fourth-order valence-electron chi connectivity index (χ4n) is 2.34. The van der Waals surface area contributed by atoms with Gasteiger partial charge in [-0.05, 0) is 38.7 Å². The smallest absolute Gasteiger partial charge is 0.337 e. The molecule has 1 N–H and O–H groups in total. The topological polar surface area (TPSA) is 43.8 Å². The van der Waals surface area contributed by atoms with Gasteiger partial charge in [0.2, 0.25) is 0 Å². The Morgan fingerprint density at radius 3 is 2.78 bits per heavy atom. The van der Waals surface area contributed by atoms with Crippen LogP contribution in [0.4, 0.5) is 5.69 Å². The Bertz CT molecular complexity index is 462. The predicted molar refractivity (Wildman–Crippen MR) is 75.4 cm³/mol. The van der Waals surface area contributed by atoms with Crippen molar-refractivity contribution in [1.82, 2.24) is 4.90 Å². The Hall–Kier alpha value is -1.07. The van der Waals surface area contributed by atoms with E-state index in [0.29, 0.717) is 11.6 Å². The van der Waals surface area contributed by atoms with Crippen LogP contribution < -0.4 is 4.90 Å². The standard InChI is InChI=1S/C13H17BrN2O2/c1-15(2)10-5-6-16(8-10)12-4-3-9(14)7-11(12)13(17)18/h3-4,7,10H,5-6,8H2,1-2H3,(H,17,18). The number of halogens is 1. The second-order valence-electron chi connectivity index (χ2n) is 4.82. The summed E-state index contributed by atoms with van der Waals surface area (Å²) in [5.41, 5.74) is 1.18. The molecular weight excluding hydrogens is 296 g/mol. The molecule has 1 saturated heterocycles. The number of nitrogens with zero attached hydrogens (tertiary/aromatic N) is 2. The summed E-state index contributed by atoms with van der Waals surface area (Å²) in [6.07, 6.45) is 1.07. The van der Waals surface area contributed by atoms with Gasteiger partial charge in [0, 0.05) is 23.6 Å². The van der Waals surface area contributed by atoms with Gasteiger partial charge in [-0.3, -0.25) is 0 Å². The molecule has 0 aromatic heterocycles. The summed E-state index contributed by atoms with van der Waals surface area (Å²) in [6.45, 7) is 1.79. The average Bonchev–Trinajstić information content (AvgIpc) is 2.78. The van der Waals surface area contributed by atoms with Gasteiger partial charge in [0.05, 0.1) is 11.3 Å². The van der Waals surface area contributed by atoms with E-state index in [4.69, 9.17) is 0 Å². The zero-order valence-electron chi connectivity index (χ0n) is 10.6. The fourth-order valence-corrected chi connectivity index (χ4v) is 2.70. The molecule has 1 aromatic carbocycles. The van der Waals surface area contributed by atoms with Crippen LogP contribution in [0.2, 0.25) is 0 Å². The van der Waals surface area contributed by atoms with Crippen molar-refractivity contribution in [3.8, 4) is 0 Å². The highest BCUT2D eigenvalue weighted by Gasteiger charge is 2.26. The molecule has 1 aromatic rings. The molecule has 1 atom stereocenters. The summed E-state index contributed by atoms with van der Waals surface area (Å²) in [5, 5.41) is 9.27. The van der Waals surface area contributed by atoms with Crippen molar-refractivity contribution in [2.75, 3.05) is 32.1 Å². The maximum atomic E-state index is 11.3. The second kappa shape index (κ2) is 5.28. The van der Waals surface area contributed by atoms with Crippen LogP contribution in [-0.4, -0.2) is 49.2 Å². The van der Waals surface area contributed by atoms with Gasteiger partial charge in [0.15, 0.2) is 0 Å². The lowest BCUT2D eigenvalue weighted by Gasteiger charge is -2.23. The van der Waals surface area contributed by atoms with Crippen molar-refractivity contribution in [1.29, 1.82) is 0 Å². The normalized spacial score (nSPS) is 19.6. The summed E-state index contributed by atoms with van der Waals surface area (Å²) in [7, 11) is 4.13. The highest BCUT2D eigenvalue weighted by atomic mass is 79.9. The molecule has 0 spiro atoms. The third-order valence-electron chi connectivity index (χ3n) is 3.42. The molecule has 1 aliphatic heterocycles. The lowest BCUT2D eigenvalue weighted by atomic mass is 10.1. The van der Waals surface area contributed by atoms with Gasteiger partial charge in [-0.2, -0.15) is 0 Å². The van der Waals surface area contributed by atoms with Gasteiger partial charge >= 0.3 is 5.97 Å². The van der Waals surface area contributed by atoms with Crippen molar-refractivity contribution in [3.05, 3.63) is 28.2 Å². The number of aromatic carboxylic acids is 1. The number of carboxylic acid groups (broad SMARTS) is 1. The highest BCUT2D eigenvalue weighted by Crippen LogP contribution is 2.28. The lowest BCUT2D eigenvalue weighted by Crippen LogP contribution is -2.31. The predicted octanol–water partition coefficient (Wildman–Crippen LogP) is 2.29. The quantitative estimate of drug-likeness (QED) is 0.930. The molecular formula is C13H17BrN2O2. The Morgan fingerprint density at radius 2 is 2.22 bits per heavy atom. The van der Waals surface area contributed by atoms with E-state index in [1.807, 2.05) is 12.1 Å². The van der Waals surface area contributed by atoms with Crippen molar-refractivity contribution in [3.63, 3.8) is 0 Å². The first-order valence-electron chi connectivity index (χ1n) is 5.93. The number of hydrogen-bond acceptors (Lipinski definition) is 3. The van der Waals surface area contributed by atoms with Gasteiger partial charge in [-0.25, -0.2) is 4.79 Å². The van der Waals surface area contributed by atoms with E-state index in [2.05, 4.69) is 39.8 Å². The number of likely N-dealkylation sites (N-methyl/N-ethyl adjacent to an activating group) is 1. The molecule has 0 saturated carbocycles. The number of carboxylic acids is 1. The summed E-state index contributed by atoms with van der Waals surface area (Å²) in [6, 6.07) is 5.94. The number of anilines is 1. The third-order valence-corrected chi connectivity index (χ3v) is 3.92. The van der Waals surface area contributed by atoms with Crippen LogP contribution in [0.5, 0.6) is 0 Å². The number of carbonyl (C=O) groups is 1. The summed E-state index contributed by atoms with van der Waals surface area (Å²) < 4.78 is 0.798. The van der Waals surface area contributed by atoms with E-state index in [1.54, 1.807) is 6.07 Å². The monoisotopic (exact) mass is 312 g/mol. The van der Waals surface area contributed by atoms with Crippen molar-refractivity contribution >= 4 is 27.6 Å². The van der Waals surface area contributed by atoms with Crippen LogP contribution in [0.1, 0.15) is 16.8 Å². The number of hydrogen-bond donors (Lipinski definition) is 1. The van der Waals surface area contributed by atoms with Crippen molar-refractivity contribution < 1.29 is 9.90 Å². The molecule has 2 rings (SSSR count). The van der Waals surface area contributed by atoms with Crippen molar-refractivity contribution in [2.24, 2.45) is 0 Å². The fraction of sp³-hybridized carbons (Fsp3) is 0.462. The molecule has 0 bridgehead atoms. The van der Waals surface area contributed by atoms with Crippen LogP contribution in [0.15, 0.2) is 22.7 Å². The molecule has 1 heterocycles. The molecule has 5 heteroatoms. The van der Waals surface area contributed by atoms with Crippen LogP contribution in [-0.2, 0) is 0 Å². The van der Waals surface area contributed by atoms with E-state index < -0.39 is 5.97 Å². The number of benzene rings is 1. The molecule has 0 radical (unpaired) electrons. The van der Waals surface area contributed by atoms with Crippen molar-refractivity contribution in [2.45, 2.75) is 12.5 Å². The van der Waals surface area contributed by atoms with E-state index in [1.165, 1.54) is 0 Å². The lowest BCUT2D eigenvalue weighted by molar-refractivity contribution is 0.0697. The zero-order valence-corrected chi connectivity index (χ0v) is 12.1. The number of rotatable bonds is 3. The third kappa shape index (κ3) is 2.67. The van der Waals surface area contributed by atoms with E-state index in [9.17, 15) is 9.90 Å². The molecule has 1 unspecified atom stereocenters.